The lowest BCUT2D eigenvalue weighted by atomic mass is 10.2. The summed E-state index contributed by atoms with van der Waals surface area (Å²) in [4.78, 5) is 16.2. The van der Waals surface area contributed by atoms with Gasteiger partial charge in [0.1, 0.15) is 0 Å². The van der Waals surface area contributed by atoms with E-state index in [2.05, 4.69) is 11.0 Å². The van der Waals surface area contributed by atoms with E-state index in [0.29, 0.717) is 11.4 Å². The predicted octanol–water partition coefficient (Wildman–Crippen LogP) is 2.41. The minimum Gasteiger partial charge on any atom is -0.337 e. The average molecular weight is 304 g/mol. The number of hydrogen-bond acceptors (Lipinski definition) is 3. The number of amides is 1. The number of benzene rings is 1. The van der Waals surface area contributed by atoms with E-state index in [0.717, 1.165) is 38.3 Å². The van der Waals surface area contributed by atoms with Crippen molar-refractivity contribution in [1.29, 1.82) is 5.26 Å². The molecule has 0 saturated carbocycles. The summed E-state index contributed by atoms with van der Waals surface area (Å²) in [6.07, 6.45) is 3.96. The summed E-state index contributed by atoms with van der Waals surface area (Å²) in [5, 5.41) is 9.26. The quantitative estimate of drug-likeness (QED) is 0.803. The zero-order valence-electron chi connectivity index (χ0n) is 11.8. The van der Waals surface area contributed by atoms with Gasteiger partial charge in [0, 0.05) is 50.2 Å². The van der Waals surface area contributed by atoms with Gasteiger partial charge in [0.15, 0.2) is 0 Å². The molecule has 1 heterocycles. The van der Waals surface area contributed by atoms with Gasteiger partial charge in [-0.1, -0.05) is 23.7 Å². The van der Waals surface area contributed by atoms with Gasteiger partial charge in [0.25, 0.3) is 0 Å². The molecule has 2 rings (SSSR count). The van der Waals surface area contributed by atoms with Gasteiger partial charge < -0.3 is 4.90 Å². The Hall–Kier alpha value is -1.83. The fourth-order valence-electron chi connectivity index (χ4n) is 2.25. The van der Waals surface area contributed by atoms with Gasteiger partial charge in [-0.05, 0) is 23.8 Å². The second-order valence-corrected chi connectivity index (χ2v) is 5.40. The van der Waals surface area contributed by atoms with Crippen LogP contribution in [0, 0.1) is 11.3 Å². The van der Waals surface area contributed by atoms with E-state index < -0.39 is 0 Å². The summed E-state index contributed by atoms with van der Waals surface area (Å²) >= 11 is 5.82. The summed E-state index contributed by atoms with van der Waals surface area (Å²) in [5.41, 5.74) is 0.959. The number of nitrogens with zero attached hydrogens (tertiary/aromatic N) is 3. The normalized spacial score (nSPS) is 16.1. The van der Waals surface area contributed by atoms with Crippen molar-refractivity contribution in [2.75, 3.05) is 32.7 Å². The van der Waals surface area contributed by atoms with Crippen LogP contribution in [-0.2, 0) is 4.79 Å². The van der Waals surface area contributed by atoms with Crippen LogP contribution in [0.15, 0.2) is 30.3 Å². The predicted molar refractivity (Wildman–Crippen MR) is 83.7 cm³/mol. The Kier molecular flexibility index (Phi) is 5.79. The van der Waals surface area contributed by atoms with Crippen molar-refractivity contribution in [3.63, 3.8) is 0 Å². The lowest BCUT2D eigenvalue weighted by Gasteiger charge is -2.33. The molecule has 1 fully saturated rings. The van der Waals surface area contributed by atoms with Crippen molar-refractivity contribution < 1.29 is 4.79 Å². The lowest BCUT2D eigenvalue weighted by molar-refractivity contribution is -0.127. The molecular weight excluding hydrogens is 286 g/mol. The number of rotatable bonds is 4. The molecule has 0 N–H and O–H groups in total. The van der Waals surface area contributed by atoms with Crippen molar-refractivity contribution in [3.8, 4) is 6.07 Å². The SMILES string of the molecule is N#CCCN1CCN(C(=O)/C=C/c2ccc(Cl)cc2)CC1. The fraction of sp³-hybridized carbons (Fsp3) is 0.375. The molecule has 1 saturated heterocycles. The molecule has 1 aliphatic heterocycles. The van der Waals surface area contributed by atoms with Crippen LogP contribution in [-0.4, -0.2) is 48.4 Å². The first-order valence-electron chi connectivity index (χ1n) is 7.01. The van der Waals surface area contributed by atoms with Crippen molar-refractivity contribution >= 4 is 23.6 Å². The Bertz CT molecular complexity index is 540. The van der Waals surface area contributed by atoms with Crippen LogP contribution in [0.1, 0.15) is 12.0 Å². The smallest absolute Gasteiger partial charge is 0.246 e. The van der Waals surface area contributed by atoms with Crippen molar-refractivity contribution in [2.45, 2.75) is 6.42 Å². The van der Waals surface area contributed by atoms with Gasteiger partial charge in [-0.3, -0.25) is 9.69 Å². The van der Waals surface area contributed by atoms with Crippen molar-refractivity contribution in [1.82, 2.24) is 9.80 Å². The van der Waals surface area contributed by atoms with E-state index in [1.54, 1.807) is 24.3 Å². The third-order valence-corrected chi connectivity index (χ3v) is 3.76. The summed E-state index contributed by atoms with van der Waals surface area (Å²) in [6, 6.07) is 9.52. The average Bonchev–Trinajstić information content (AvgIpc) is 2.52. The standard InChI is InChI=1S/C16H18ClN3O/c17-15-5-2-14(3-6-15)4-7-16(21)20-12-10-19(11-13-20)9-1-8-18/h2-7H,1,9-13H2/b7-4+. The molecule has 1 aromatic carbocycles. The number of hydrogen-bond donors (Lipinski definition) is 0. The third kappa shape index (κ3) is 4.89. The Morgan fingerprint density at radius 2 is 1.90 bits per heavy atom. The molecule has 0 aliphatic carbocycles. The highest BCUT2D eigenvalue weighted by Gasteiger charge is 2.18. The highest BCUT2D eigenvalue weighted by molar-refractivity contribution is 6.30. The molecule has 5 heteroatoms. The zero-order valence-corrected chi connectivity index (χ0v) is 12.6. The molecule has 0 spiro atoms. The maximum atomic E-state index is 12.1. The Morgan fingerprint density at radius 3 is 2.52 bits per heavy atom. The van der Waals surface area contributed by atoms with E-state index in [-0.39, 0.29) is 5.91 Å². The topological polar surface area (TPSA) is 47.3 Å². The van der Waals surface area contributed by atoms with Gasteiger partial charge in [0.05, 0.1) is 6.07 Å². The number of nitriles is 1. The minimum atomic E-state index is 0.0323. The molecule has 0 aromatic heterocycles. The molecule has 0 unspecified atom stereocenters. The molecule has 1 aromatic rings. The zero-order chi connectivity index (χ0) is 15.1. The monoisotopic (exact) mass is 303 g/mol. The van der Waals surface area contributed by atoms with Gasteiger partial charge in [-0.25, -0.2) is 0 Å². The summed E-state index contributed by atoms with van der Waals surface area (Å²) in [7, 11) is 0. The Morgan fingerprint density at radius 1 is 1.24 bits per heavy atom. The van der Waals surface area contributed by atoms with Crippen LogP contribution < -0.4 is 0 Å². The first-order valence-corrected chi connectivity index (χ1v) is 7.39. The highest BCUT2D eigenvalue weighted by atomic mass is 35.5. The molecule has 4 nitrogen and oxygen atoms in total. The molecule has 1 amide bonds. The minimum absolute atomic E-state index is 0.0323. The third-order valence-electron chi connectivity index (χ3n) is 3.51. The lowest BCUT2D eigenvalue weighted by Crippen LogP contribution is -2.48. The van der Waals surface area contributed by atoms with E-state index in [4.69, 9.17) is 16.9 Å². The van der Waals surface area contributed by atoms with Crippen LogP contribution in [0.25, 0.3) is 6.08 Å². The van der Waals surface area contributed by atoms with Gasteiger partial charge in [-0.15, -0.1) is 0 Å². The van der Waals surface area contributed by atoms with Crippen LogP contribution >= 0.6 is 11.6 Å². The maximum Gasteiger partial charge on any atom is 0.246 e. The summed E-state index contributed by atoms with van der Waals surface area (Å²) in [5.74, 6) is 0.0323. The summed E-state index contributed by atoms with van der Waals surface area (Å²) in [6.45, 7) is 3.90. The van der Waals surface area contributed by atoms with E-state index >= 15 is 0 Å². The van der Waals surface area contributed by atoms with Crippen molar-refractivity contribution in [2.24, 2.45) is 0 Å². The second-order valence-electron chi connectivity index (χ2n) is 4.96. The number of carbonyl (C=O) groups excluding carboxylic acids is 1. The number of halogens is 1. The largest absolute Gasteiger partial charge is 0.337 e. The molecule has 1 aliphatic rings. The maximum absolute atomic E-state index is 12.1. The van der Waals surface area contributed by atoms with Gasteiger partial charge in [0.2, 0.25) is 5.91 Å². The first-order chi connectivity index (χ1) is 10.2. The summed E-state index contributed by atoms with van der Waals surface area (Å²) < 4.78 is 0. The molecule has 21 heavy (non-hydrogen) atoms. The highest BCUT2D eigenvalue weighted by Crippen LogP contribution is 2.11. The second kappa shape index (κ2) is 7.82. The van der Waals surface area contributed by atoms with Crippen LogP contribution in [0.2, 0.25) is 5.02 Å². The fourth-order valence-corrected chi connectivity index (χ4v) is 2.37. The van der Waals surface area contributed by atoms with Crippen LogP contribution in [0.5, 0.6) is 0 Å². The van der Waals surface area contributed by atoms with E-state index in [9.17, 15) is 4.79 Å². The van der Waals surface area contributed by atoms with Crippen LogP contribution in [0.3, 0.4) is 0 Å². The molecule has 0 radical (unpaired) electrons. The molecular formula is C16H18ClN3O. The Labute approximate surface area is 130 Å². The first kappa shape index (κ1) is 15.6. The van der Waals surface area contributed by atoms with Crippen molar-refractivity contribution in [3.05, 3.63) is 40.9 Å². The van der Waals surface area contributed by atoms with Crippen LogP contribution in [0.4, 0.5) is 0 Å². The van der Waals surface area contributed by atoms with E-state index in [1.165, 1.54) is 0 Å². The number of carbonyl (C=O) groups is 1. The van der Waals surface area contributed by atoms with Gasteiger partial charge in [-0.2, -0.15) is 5.26 Å². The molecule has 0 bridgehead atoms. The molecule has 0 atom stereocenters. The number of piperazine rings is 1. The Balaban J connectivity index is 1.82. The molecule has 110 valence electrons. The van der Waals surface area contributed by atoms with E-state index in [1.807, 2.05) is 17.0 Å². The van der Waals surface area contributed by atoms with Gasteiger partial charge >= 0.3 is 0 Å².